The first-order valence-corrected chi connectivity index (χ1v) is 9.69. The number of aromatic hydroxyl groups is 1. The first-order valence-electron chi connectivity index (χ1n) is 7.80. The Morgan fingerprint density at radius 2 is 2.11 bits per heavy atom. The van der Waals surface area contributed by atoms with Crippen LogP contribution in [0.3, 0.4) is 0 Å². The summed E-state index contributed by atoms with van der Waals surface area (Å²) in [4.78, 5) is 4.13. The Balaban J connectivity index is 2.41. The van der Waals surface area contributed by atoms with Gasteiger partial charge in [0, 0.05) is 0 Å². The second kappa shape index (κ2) is 7.88. The van der Waals surface area contributed by atoms with Gasteiger partial charge in [-0.25, -0.2) is 13.4 Å². The Hall–Kier alpha value is -3.38. The molecule has 2 heterocycles. The molecule has 8 nitrogen and oxygen atoms in total. The van der Waals surface area contributed by atoms with Crippen molar-refractivity contribution >= 4 is 21.3 Å². The maximum Gasteiger partial charge on any atom is 0.229 e. The van der Waals surface area contributed by atoms with E-state index in [9.17, 15) is 13.5 Å². The van der Waals surface area contributed by atoms with Crippen LogP contribution in [0.5, 0.6) is 5.88 Å². The zero-order chi connectivity index (χ0) is 20.2. The molecule has 9 heteroatoms. The number of anilines is 1. The van der Waals surface area contributed by atoms with Gasteiger partial charge in [0.05, 0.1) is 41.0 Å². The molecule has 0 aliphatic heterocycles. The second-order valence-electron chi connectivity index (χ2n) is 5.76. The number of rotatable bonds is 6. The summed E-state index contributed by atoms with van der Waals surface area (Å²) in [5.74, 6) is 0.219. The van der Waals surface area contributed by atoms with Gasteiger partial charge in [-0.1, -0.05) is 18.7 Å². The lowest BCUT2D eigenvalue weighted by Crippen LogP contribution is -2.10. The fourth-order valence-corrected chi connectivity index (χ4v) is 2.92. The molecule has 2 aromatic heterocycles. The lowest BCUT2D eigenvalue weighted by atomic mass is 10.1. The molecule has 27 heavy (non-hydrogen) atoms. The molecule has 2 rings (SSSR count). The van der Waals surface area contributed by atoms with E-state index in [1.165, 1.54) is 29.1 Å². The average Bonchev–Trinajstić information content (AvgIpc) is 2.89. The highest BCUT2D eigenvalue weighted by Crippen LogP contribution is 2.30. The summed E-state index contributed by atoms with van der Waals surface area (Å²) in [7, 11) is -3.40. The number of allylic oxidation sites excluding steroid dienone is 5. The normalized spacial score (nSPS) is 12.5. The topological polar surface area (TPSA) is 121 Å². The van der Waals surface area contributed by atoms with Crippen LogP contribution in [0.4, 0.5) is 5.69 Å². The number of nitrogens with zero attached hydrogens (tertiary/aromatic N) is 4. The number of aromatic nitrogens is 3. The van der Waals surface area contributed by atoms with Crippen LogP contribution in [-0.4, -0.2) is 34.5 Å². The molecule has 2 aromatic rings. The van der Waals surface area contributed by atoms with Crippen LogP contribution in [0.15, 0.2) is 48.7 Å². The highest BCUT2D eigenvalue weighted by Gasteiger charge is 2.17. The van der Waals surface area contributed by atoms with Crippen molar-refractivity contribution < 1.29 is 13.5 Å². The quantitative estimate of drug-likeness (QED) is 0.582. The SMILES string of the molecule is C=C/C(C#N)=C\C=C(/C)c1c(C)nn(-c2ccc(NS(C)(=O)=O)cn2)c1O. The summed E-state index contributed by atoms with van der Waals surface area (Å²) in [6, 6.07) is 5.05. The second-order valence-corrected chi connectivity index (χ2v) is 7.51. The van der Waals surface area contributed by atoms with E-state index in [-0.39, 0.29) is 5.88 Å². The van der Waals surface area contributed by atoms with Crippen molar-refractivity contribution in [2.75, 3.05) is 11.0 Å². The maximum atomic E-state index is 11.3. The first kappa shape index (κ1) is 19.9. The molecular weight excluding hydrogens is 366 g/mol. The van der Waals surface area contributed by atoms with Crippen molar-refractivity contribution in [3.63, 3.8) is 0 Å². The molecule has 0 aliphatic rings. The lowest BCUT2D eigenvalue weighted by molar-refractivity contribution is 0.430. The molecule has 2 N–H and O–H groups in total. The van der Waals surface area contributed by atoms with Crippen molar-refractivity contribution in [3.8, 4) is 17.8 Å². The van der Waals surface area contributed by atoms with E-state index in [0.29, 0.717) is 33.9 Å². The molecule has 0 bridgehead atoms. The molecule has 0 aliphatic carbocycles. The number of hydrogen-bond donors (Lipinski definition) is 2. The molecule has 0 radical (unpaired) electrons. The van der Waals surface area contributed by atoms with Crippen LogP contribution in [0, 0.1) is 18.3 Å². The lowest BCUT2D eigenvalue weighted by Gasteiger charge is -2.06. The van der Waals surface area contributed by atoms with Crippen LogP contribution in [0.25, 0.3) is 11.4 Å². The Morgan fingerprint density at radius 1 is 1.41 bits per heavy atom. The van der Waals surface area contributed by atoms with Crippen molar-refractivity contribution in [2.45, 2.75) is 13.8 Å². The summed E-state index contributed by atoms with van der Waals surface area (Å²) >= 11 is 0. The first-order chi connectivity index (χ1) is 12.7. The zero-order valence-corrected chi connectivity index (χ0v) is 15.9. The van der Waals surface area contributed by atoms with Crippen molar-refractivity contribution in [1.82, 2.24) is 14.8 Å². The van der Waals surface area contributed by atoms with Crippen LogP contribution in [0.1, 0.15) is 18.2 Å². The maximum absolute atomic E-state index is 11.3. The standard InChI is InChI=1S/C18H19N5O3S/c1-5-14(10-19)7-6-12(2)17-13(3)21-23(18(17)24)16-9-8-15(11-20-16)22-27(4,25)26/h5-9,11,22,24H,1H2,2-4H3/b12-6+,14-7+. The zero-order valence-electron chi connectivity index (χ0n) is 15.1. The largest absolute Gasteiger partial charge is 0.493 e. The molecule has 0 spiro atoms. The van der Waals surface area contributed by atoms with E-state index >= 15 is 0 Å². The highest BCUT2D eigenvalue weighted by molar-refractivity contribution is 7.92. The van der Waals surface area contributed by atoms with Crippen molar-refractivity contribution in [3.05, 3.63) is 60.0 Å². The fraction of sp³-hybridized carbons (Fsp3) is 0.167. The number of nitrogens with one attached hydrogen (secondary N) is 1. The van der Waals surface area contributed by atoms with Gasteiger partial charge in [-0.15, -0.1) is 0 Å². The van der Waals surface area contributed by atoms with Gasteiger partial charge in [0.15, 0.2) is 5.82 Å². The molecule has 0 aromatic carbocycles. The van der Waals surface area contributed by atoms with Crippen LogP contribution in [0.2, 0.25) is 0 Å². The van der Waals surface area contributed by atoms with Crippen LogP contribution < -0.4 is 4.72 Å². The molecule has 140 valence electrons. The highest BCUT2D eigenvalue weighted by atomic mass is 32.2. The fourth-order valence-electron chi connectivity index (χ4n) is 2.37. The molecule has 0 saturated heterocycles. The number of nitriles is 1. The molecule has 0 saturated carbocycles. The summed E-state index contributed by atoms with van der Waals surface area (Å²) in [5.41, 5.74) is 2.51. The summed E-state index contributed by atoms with van der Waals surface area (Å²) in [6.45, 7) is 7.08. The number of aryl methyl sites for hydroxylation is 1. The predicted octanol–water partition coefficient (Wildman–Crippen LogP) is 2.69. The Morgan fingerprint density at radius 3 is 2.63 bits per heavy atom. The smallest absolute Gasteiger partial charge is 0.229 e. The van der Waals surface area contributed by atoms with Crippen LogP contribution >= 0.6 is 0 Å². The van der Waals surface area contributed by atoms with E-state index in [4.69, 9.17) is 5.26 Å². The van der Waals surface area contributed by atoms with Gasteiger partial charge in [-0.3, -0.25) is 4.72 Å². The third-order valence-electron chi connectivity index (χ3n) is 3.56. The average molecular weight is 385 g/mol. The molecule has 0 amide bonds. The summed E-state index contributed by atoms with van der Waals surface area (Å²) in [5, 5.41) is 23.8. The van der Waals surface area contributed by atoms with Gasteiger partial charge >= 0.3 is 0 Å². The van der Waals surface area contributed by atoms with E-state index in [1.807, 2.05) is 6.07 Å². The van der Waals surface area contributed by atoms with Gasteiger partial charge in [0.25, 0.3) is 0 Å². The van der Waals surface area contributed by atoms with Crippen LogP contribution in [-0.2, 0) is 10.0 Å². The number of pyridine rings is 1. The van der Waals surface area contributed by atoms with Gasteiger partial charge in [-0.2, -0.15) is 15.0 Å². The third-order valence-corrected chi connectivity index (χ3v) is 4.17. The minimum atomic E-state index is -3.40. The number of sulfonamides is 1. The molecule has 0 unspecified atom stereocenters. The van der Waals surface area contributed by atoms with Gasteiger partial charge in [0.2, 0.25) is 15.9 Å². The summed E-state index contributed by atoms with van der Waals surface area (Å²) in [6.07, 6.45) is 7.12. The van der Waals surface area contributed by atoms with E-state index < -0.39 is 10.0 Å². The minimum Gasteiger partial charge on any atom is -0.493 e. The predicted molar refractivity (Wildman–Crippen MR) is 104 cm³/mol. The minimum absolute atomic E-state index is 0.108. The number of hydrogen-bond acceptors (Lipinski definition) is 6. The third kappa shape index (κ3) is 4.83. The van der Waals surface area contributed by atoms with Crippen molar-refractivity contribution in [2.24, 2.45) is 0 Å². The van der Waals surface area contributed by atoms with E-state index in [0.717, 1.165) is 6.26 Å². The Kier molecular flexibility index (Phi) is 5.82. The Bertz CT molecular complexity index is 1070. The van der Waals surface area contributed by atoms with E-state index in [2.05, 4.69) is 21.4 Å². The van der Waals surface area contributed by atoms with E-state index in [1.54, 1.807) is 26.0 Å². The van der Waals surface area contributed by atoms with Gasteiger partial charge < -0.3 is 5.11 Å². The monoisotopic (exact) mass is 385 g/mol. The summed E-state index contributed by atoms with van der Waals surface area (Å²) < 4.78 is 26.1. The van der Waals surface area contributed by atoms with Gasteiger partial charge in [-0.05, 0) is 37.6 Å². The van der Waals surface area contributed by atoms with Gasteiger partial charge in [0.1, 0.15) is 0 Å². The molecular formula is C18H19N5O3S. The van der Waals surface area contributed by atoms with Crippen molar-refractivity contribution in [1.29, 1.82) is 5.26 Å². The molecule has 0 atom stereocenters. The molecule has 0 fully saturated rings. The Labute approximate surface area is 157 Å².